The van der Waals surface area contributed by atoms with Crippen LogP contribution in [0.2, 0.25) is 0 Å². The second-order valence-electron chi connectivity index (χ2n) is 12.9. The molecule has 38 heavy (non-hydrogen) atoms. The van der Waals surface area contributed by atoms with Crippen LogP contribution >= 0.6 is 0 Å². The highest BCUT2D eigenvalue weighted by Gasteiger charge is 2.32. The maximum Gasteiger partial charge on any atom is 0.341 e. The lowest BCUT2D eigenvalue weighted by molar-refractivity contribution is 0.0104. The second-order valence-corrected chi connectivity index (χ2v) is 12.9. The van der Waals surface area contributed by atoms with E-state index in [1.165, 1.54) is 96.0 Å². The second kappa shape index (κ2) is 15.4. The van der Waals surface area contributed by atoms with E-state index >= 15 is 0 Å². The zero-order valence-electron chi connectivity index (χ0n) is 24.2. The highest BCUT2D eigenvalue weighted by Crippen LogP contribution is 2.42. The summed E-state index contributed by atoms with van der Waals surface area (Å²) in [4.78, 5) is 12.5. The van der Waals surface area contributed by atoms with Gasteiger partial charge in [0, 0.05) is 6.61 Å². The Bertz CT molecular complexity index is 830. The summed E-state index contributed by atoms with van der Waals surface area (Å²) >= 11 is 0. The van der Waals surface area contributed by atoms with Crippen LogP contribution < -0.4 is 0 Å². The lowest BCUT2D eigenvalue weighted by atomic mass is 9.70. The van der Waals surface area contributed by atoms with Gasteiger partial charge in [-0.3, -0.25) is 0 Å². The SMILES string of the molecule is CCCCOC1CCC(CCCCC2CCC(C3CCC(OC(=O)c4ccc(C)cc4F)CC3)CC2)CC1. The van der Waals surface area contributed by atoms with Crippen molar-refractivity contribution in [3.8, 4) is 0 Å². The number of hydrogen-bond donors (Lipinski definition) is 0. The maximum atomic E-state index is 14.1. The summed E-state index contributed by atoms with van der Waals surface area (Å²) in [5.74, 6) is 2.54. The van der Waals surface area contributed by atoms with Gasteiger partial charge in [0.1, 0.15) is 11.9 Å². The van der Waals surface area contributed by atoms with Gasteiger partial charge in [-0.15, -0.1) is 0 Å². The van der Waals surface area contributed by atoms with Crippen LogP contribution in [0.25, 0.3) is 0 Å². The van der Waals surface area contributed by atoms with Gasteiger partial charge in [-0.1, -0.05) is 57.9 Å². The van der Waals surface area contributed by atoms with Crippen LogP contribution in [-0.2, 0) is 9.47 Å². The van der Waals surface area contributed by atoms with E-state index in [0.29, 0.717) is 6.10 Å². The number of benzene rings is 1. The Morgan fingerprint density at radius 2 is 1.34 bits per heavy atom. The smallest absolute Gasteiger partial charge is 0.341 e. The van der Waals surface area contributed by atoms with Crippen molar-refractivity contribution in [2.45, 2.75) is 142 Å². The van der Waals surface area contributed by atoms with E-state index in [1.807, 2.05) is 6.92 Å². The molecule has 214 valence electrons. The third-order valence-electron chi connectivity index (χ3n) is 10.0. The first-order valence-electron chi connectivity index (χ1n) is 16.1. The van der Waals surface area contributed by atoms with Crippen LogP contribution in [0.5, 0.6) is 0 Å². The Hall–Kier alpha value is -1.42. The zero-order valence-corrected chi connectivity index (χ0v) is 24.2. The van der Waals surface area contributed by atoms with Crippen molar-refractivity contribution < 1.29 is 18.7 Å². The first-order valence-corrected chi connectivity index (χ1v) is 16.1. The minimum absolute atomic E-state index is 0.0561. The van der Waals surface area contributed by atoms with E-state index in [-0.39, 0.29) is 11.7 Å². The molecule has 3 fully saturated rings. The minimum atomic E-state index is -0.504. The molecule has 0 N–H and O–H groups in total. The van der Waals surface area contributed by atoms with Crippen LogP contribution in [0.15, 0.2) is 18.2 Å². The molecule has 3 aliphatic carbocycles. The van der Waals surface area contributed by atoms with Gasteiger partial charge in [-0.25, -0.2) is 9.18 Å². The molecule has 0 aromatic heterocycles. The monoisotopic (exact) mass is 528 g/mol. The number of halogens is 1. The van der Waals surface area contributed by atoms with Crippen LogP contribution in [0.4, 0.5) is 4.39 Å². The number of aryl methyl sites for hydroxylation is 1. The Balaban J connectivity index is 1.04. The average Bonchev–Trinajstić information content (AvgIpc) is 2.93. The summed E-state index contributed by atoms with van der Waals surface area (Å²) in [6.07, 6.45) is 23.7. The molecule has 1 aromatic rings. The highest BCUT2D eigenvalue weighted by atomic mass is 19.1. The average molecular weight is 529 g/mol. The minimum Gasteiger partial charge on any atom is -0.459 e. The lowest BCUT2D eigenvalue weighted by Gasteiger charge is -2.37. The number of ether oxygens (including phenoxy) is 2. The predicted molar refractivity (Wildman–Crippen MR) is 153 cm³/mol. The van der Waals surface area contributed by atoms with E-state index in [0.717, 1.165) is 61.5 Å². The van der Waals surface area contributed by atoms with Gasteiger partial charge < -0.3 is 9.47 Å². The fourth-order valence-corrected chi connectivity index (χ4v) is 7.47. The van der Waals surface area contributed by atoms with Crippen molar-refractivity contribution in [1.82, 2.24) is 0 Å². The summed E-state index contributed by atoms with van der Waals surface area (Å²) < 4.78 is 25.9. The number of carbonyl (C=O) groups is 1. The van der Waals surface area contributed by atoms with E-state index < -0.39 is 11.8 Å². The van der Waals surface area contributed by atoms with Gasteiger partial charge in [0.25, 0.3) is 0 Å². The molecular formula is C34H53FO3. The molecule has 0 saturated heterocycles. The molecular weight excluding hydrogens is 475 g/mol. The summed E-state index contributed by atoms with van der Waals surface area (Å²) in [6, 6.07) is 4.72. The van der Waals surface area contributed by atoms with Crippen LogP contribution in [-0.4, -0.2) is 24.8 Å². The number of esters is 1. The number of hydrogen-bond acceptors (Lipinski definition) is 3. The summed E-state index contributed by atoms with van der Waals surface area (Å²) in [5, 5.41) is 0. The van der Waals surface area contributed by atoms with Crippen molar-refractivity contribution in [3.63, 3.8) is 0 Å². The van der Waals surface area contributed by atoms with Gasteiger partial charge >= 0.3 is 5.97 Å². The molecule has 0 amide bonds. The third kappa shape index (κ3) is 9.07. The first-order chi connectivity index (χ1) is 18.5. The quantitative estimate of drug-likeness (QED) is 0.200. The Kier molecular flexibility index (Phi) is 12.0. The molecule has 3 nitrogen and oxygen atoms in total. The summed E-state index contributed by atoms with van der Waals surface area (Å²) in [7, 11) is 0. The van der Waals surface area contributed by atoms with Crippen molar-refractivity contribution in [2.75, 3.05) is 6.61 Å². The normalized spacial score (nSPS) is 30.2. The van der Waals surface area contributed by atoms with Crippen molar-refractivity contribution in [3.05, 3.63) is 35.1 Å². The zero-order chi connectivity index (χ0) is 26.7. The van der Waals surface area contributed by atoms with Gasteiger partial charge in [-0.2, -0.15) is 0 Å². The topological polar surface area (TPSA) is 35.5 Å². The molecule has 0 heterocycles. The number of unbranched alkanes of at least 4 members (excludes halogenated alkanes) is 2. The lowest BCUT2D eigenvalue weighted by Crippen LogP contribution is -2.30. The van der Waals surface area contributed by atoms with Gasteiger partial charge in [0.15, 0.2) is 0 Å². The van der Waals surface area contributed by atoms with Crippen LogP contribution in [0.1, 0.15) is 138 Å². The van der Waals surface area contributed by atoms with Crippen LogP contribution in [0, 0.1) is 36.4 Å². The molecule has 3 aliphatic rings. The number of carbonyl (C=O) groups excluding carboxylic acids is 1. The third-order valence-corrected chi connectivity index (χ3v) is 10.0. The van der Waals surface area contributed by atoms with Gasteiger partial charge in [-0.05, 0) is 119 Å². The Morgan fingerprint density at radius 1 is 0.789 bits per heavy atom. The first kappa shape index (κ1) is 29.6. The van der Waals surface area contributed by atoms with Crippen molar-refractivity contribution in [2.24, 2.45) is 23.7 Å². The molecule has 0 aliphatic heterocycles. The van der Waals surface area contributed by atoms with E-state index in [2.05, 4.69) is 6.92 Å². The molecule has 1 aromatic carbocycles. The van der Waals surface area contributed by atoms with E-state index in [1.54, 1.807) is 12.1 Å². The molecule has 0 radical (unpaired) electrons. The van der Waals surface area contributed by atoms with Crippen LogP contribution in [0.3, 0.4) is 0 Å². The molecule has 4 rings (SSSR count). The molecule has 4 heteroatoms. The molecule has 0 bridgehead atoms. The van der Waals surface area contributed by atoms with Gasteiger partial charge in [0.05, 0.1) is 11.7 Å². The Labute approximate surface area is 231 Å². The largest absolute Gasteiger partial charge is 0.459 e. The maximum absolute atomic E-state index is 14.1. The summed E-state index contributed by atoms with van der Waals surface area (Å²) in [6.45, 7) is 5.02. The van der Waals surface area contributed by atoms with Crippen molar-refractivity contribution in [1.29, 1.82) is 0 Å². The molecule has 0 spiro atoms. The van der Waals surface area contributed by atoms with Crippen molar-refractivity contribution >= 4 is 5.97 Å². The van der Waals surface area contributed by atoms with E-state index in [9.17, 15) is 9.18 Å². The Morgan fingerprint density at radius 3 is 1.92 bits per heavy atom. The molecule has 3 saturated carbocycles. The fraction of sp³-hybridized carbons (Fsp3) is 0.794. The predicted octanol–water partition coefficient (Wildman–Crippen LogP) is 9.59. The standard InChI is InChI=1S/C34H53FO3/c1-3-4-23-37-30-18-12-27(13-19-30)8-6-5-7-26-10-14-28(15-11-26)29-16-20-31(21-17-29)38-34(36)32-22-9-25(2)24-33(32)35/h9,22,24,26-31H,3-8,10-21,23H2,1-2H3. The molecule has 0 unspecified atom stereocenters. The summed E-state index contributed by atoms with van der Waals surface area (Å²) in [5.41, 5.74) is 0.881. The number of rotatable bonds is 12. The van der Waals surface area contributed by atoms with E-state index in [4.69, 9.17) is 9.47 Å². The van der Waals surface area contributed by atoms with Gasteiger partial charge in [0.2, 0.25) is 0 Å². The fourth-order valence-electron chi connectivity index (χ4n) is 7.47. The molecule has 0 atom stereocenters. The highest BCUT2D eigenvalue weighted by molar-refractivity contribution is 5.89.